The lowest BCUT2D eigenvalue weighted by Gasteiger charge is -2.03. The van der Waals surface area contributed by atoms with E-state index in [1.54, 1.807) is 48.5 Å². The predicted molar refractivity (Wildman–Crippen MR) is 87.3 cm³/mol. The first-order valence-corrected chi connectivity index (χ1v) is 6.40. The van der Waals surface area contributed by atoms with Gasteiger partial charge >= 0.3 is 0 Å². The number of hydrogen-bond donors (Lipinski definition) is 4. The zero-order valence-corrected chi connectivity index (χ0v) is 11.7. The number of hydrogen-bond acceptors (Lipinski definition) is 3. The van der Waals surface area contributed by atoms with E-state index in [0.717, 1.165) is 0 Å². The number of guanidine groups is 2. The number of carbonyl (C=O) groups is 1. The van der Waals surface area contributed by atoms with Gasteiger partial charge in [0, 0.05) is 11.1 Å². The summed E-state index contributed by atoms with van der Waals surface area (Å²) in [6, 6.07) is 13.3. The molecule has 0 unspecified atom stereocenters. The van der Waals surface area contributed by atoms with E-state index >= 15 is 0 Å². The highest BCUT2D eigenvalue weighted by atomic mass is 16.1. The number of nitrogens with two attached hydrogens (primary N) is 4. The third-order valence-corrected chi connectivity index (χ3v) is 2.78. The first-order valence-electron chi connectivity index (χ1n) is 6.40. The lowest BCUT2D eigenvalue weighted by atomic mass is 10.0. The molecular formula is C15H16N6O. The zero-order valence-electron chi connectivity index (χ0n) is 11.7. The normalized spacial score (nSPS) is 9.82. The maximum atomic E-state index is 12.3. The van der Waals surface area contributed by atoms with Gasteiger partial charge in [-0.05, 0) is 48.5 Å². The molecular weight excluding hydrogens is 280 g/mol. The van der Waals surface area contributed by atoms with Gasteiger partial charge in [-0.25, -0.2) is 9.98 Å². The SMILES string of the molecule is NC(N)=Nc1ccc(C(=O)c2ccc(N=C(N)N)cc2)cc1. The Kier molecular flexibility index (Phi) is 4.38. The van der Waals surface area contributed by atoms with Crippen LogP contribution in [0.3, 0.4) is 0 Å². The fourth-order valence-corrected chi connectivity index (χ4v) is 1.84. The van der Waals surface area contributed by atoms with E-state index in [0.29, 0.717) is 22.5 Å². The summed E-state index contributed by atoms with van der Waals surface area (Å²) in [4.78, 5) is 20.1. The van der Waals surface area contributed by atoms with Crippen molar-refractivity contribution in [3.8, 4) is 0 Å². The molecule has 2 aromatic carbocycles. The van der Waals surface area contributed by atoms with E-state index in [9.17, 15) is 4.79 Å². The molecule has 0 spiro atoms. The van der Waals surface area contributed by atoms with Crippen LogP contribution in [-0.4, -0.2) is 17.7 Å². The van der Waals surface area contributed by atoms with Crippen molar-refractivity contribution in [1.29, 1.82) is 0 Å². The third kappa shape index (κ3) is 3.83. The molecule has 0 aliphatic heterocycles. The molecule has 0 aromatic heterocycles. The fraction of sp³-hybridized carbons (Fsp3) is 0. The van der Waals surface area contributed by atoms with Gasteiger partial charge in [-0.15, -0.1) is 0 Å². The number of ketones is 1. The van der Waals surface area contributed by atoms with Gasteiger partial charge in [0.25, 0.3) is 0 Å². The fourth-order valence-electron chi connectivity index (χ4n) is 1.84. The molecule has 0 heterocycles. The molecule has 22 heavy (non-hydrogen) atoms. The Morgan fingerprint density at radius 3 is 1.23 bits per heavy atom. The van der Waals surface area contributed by atoms with Gasteiger partial charge < -0.3 is 22.9 Å². The second-order valence-electron chi connectivity index (χ2n) is 4.50. The molecule has 8 N–H and O–H groups in total. The smallest absolute Gasteiger partial charge is 0.193 e. The zero-order chi connectivity index (χ0) is 16.1. The first kappa shape index (κ1) is 15.0. The molecule has 0 atom stereocenters. The van der Waals surface area contributed by atoms with E-state index in [1.807, 2.05) is 0 Å². The van der Waals surface area contributed by atoms with E-state index in [1.165, 1.54) is 0 Å². The third-order valence-electron chi connectivity index (χ3n) is 2.78. The number of rotatable bonds is 4. The van der Waals surface area contributed by atoms with Gasteiger partial charge in [0.2, 0.25) is 0 Å². The highest BCUT2D eigenvalue weighted by Crippen LogP contribution is 2.18. The molecule has 0 aliphatic carbocycles. The average molecular weight is 296 g/mol. The number of nitrogens with zero attached hydrogens (tertiary/aromatic N) is 2. The van der Waals surface area contributed by atoms with Crippen LogP contribution in [0.5, 0.6) is 0 Å². The molecule has 7 heteroatoms. The number of benzene rings is 2. The van der Waals surface area contributed by atoms with Crippen molar-refractivity contribution < 1.29 is 4.79 Å². The minimum absolute atomic E-state index is 0.0330. The maximum absolute atomic E-state index is 12.3. The molecule has 0 fully saturated rings. The Morgan fingerprint density at radius 2 is 0.955 bits per heavy atom. The van der Waals surface area contributed by atoms with Crippen molar-refractivity contribution in [2.75, 3.05) is 0 Å². The minimum atomic E-state index is -0.118. The van der Waals surface area contributed by atoms with Crippen LogP contribution in [-0.2, 0) is 0 Å². The van der Waals surface area contributed by atoms with Crippen LogP contribution in [0.15, 0.2) is 58.5 Å². The van der Waals surface area contributed by atoms with Crippen LogP contribution < -0.4 is 22.9 Å². The Hall–Kier alpha value is -3.35. The van der Waals surface area contributed by atoms with Crippen LogP contribution >= 0.6 is 0 Å². The molecule has 0 amide bonds. The Labute approximate surface area is 127 Å². The topological polar surface area (TPSA) is 146 Å². The molecule has 112 valence electrons. The molecule has 0 aliphatic rings. The summed E-state index contributed by atoms with van der Waals surface area (Å²) in [7, 11) is 0. The van der Waals surface area contributed by atoms with Gasteiger partial charge in [0.05, 0.1) is 11.4 Å². The van der Waals surface area contributed by atoms with Gasteiger partial charge in [0.15, 0.2) is 17.7 Å². The van der Waals surface area contributed by atoms with Crippen LogP contribution in [0.1, 0.15) is 15.9 Å². The molecule has 0 radical (unpaired) electrons. The lowest BCUT2D eigenvalue weighted by Crippen LogP contribution is -2.21. The summed E-state index contributed by atoms with van der Waals surface area (Å²) in [5.74, 6) is -0.184. The summed E-state index contributed by atoms with van der Waals surface area (Å²) in [6.45, 7) is 0. The maximum Gasteiger partial charge on any atom is 0.193 e. The van der Waals surface area contributed by atoms with Crippen molar-refractivity contribution >= 4 is 29.1 Å². The van der Waals surface area contributed by atoms with Crippen LogP contribution in [0.2, 0.25) is 0 Å². The summed E-state index contributed by atoms with van der Waals surface area (Å²) < 4.78 is 0. The van der Waals surface area contributed by atoms with Crippen molar-refractivity contribution in [2.45, 2.75) is 0 Å². The lowest BCUT2D eigenvalue weighted by molar-refractivity contribution is 0.103. The predicted octanol–water partition coefficient (Wildman–Crippen LogP) is 0.727. The van der Waals surface area contributed by atoms with Crippen molar-refractivity contribution in [2.24, 2.45) is 32.9 Å². The monoisotopic (exact) mass is 296 g/mol. The number of aliphatic imine (C=N–C) groups is 2. The van der Waals surface area contributed by atoms with Gasteiger partial charge in [-0.2, -0.15) is 0 Å². The van der Waals surface area contributed by atoms with Gasteiger partial charge in [0.1, 0.15) is 0 Å². The summed E-state index contributed by atoms with van der Waals surface area (Å²) in [6.07, 6.45) is 0. The second-order valence-corrected chi connectivity index (χ2v) is 4.50. The standard InChI is InChI=1S/C15H16N6O/c16-14(17)20-11-5-1-9(2-6-11)13(22)10-3-7-12(8-4-10)21-15(18)19/h1-8H,(H4,16,17,20)(H4,18,19,21). The van der Waals surface area contributed by atoms with Gasteiger partial charge in [-0.1, -0.05) is 0 Å². The minimum Gasteiger partial charge on any atom is -0.370 e. The molecule has 7 nitrogen and oxygen atoms in total. The van der Waals surface area contributed by atoms with Crippen LogP contribution in [0, 0.1) is 0 Å². The van der Waals surface area contributed by atoms with Crippen molar-refractivity contribution in [1.82, 2.24) is 0 Å². The van der Waals surface area contributed by atoms with E-state index in [4.69, 9.17) is 22.9 Å². The Balaban J connectivity index is 2.21. The highest BCUT2D eigenvalue weighted by molar-refractivity contribution is 6.09. The van der Waals surface area contributed by atoms with E-state index < -0.39 is 0 Å². The van der Waals surface area contributed by atoms with E-state index in [-0.39, 0.29) is 17.7 Å². The van der Waals surface area contributed by atoms with E-state index in [2.05, 4.69) is 9.98 Å². The molecule has 2 aromatic rings. The largest absolute Gasteiger partial charge is 0.370 e. The molecule has 0 saturated carbocycles. The van der Waals surface area contributed by atoms with Crippen molar-refractivity contribution in [3.05, 3.63) is 59.7 Å². The molecule has 0 saturated heterocycles. The number of carbonyl (C=O) groups excluding carboxylic acids is 1. The van der Waals surface area contributed by atoms with Crippen molar-refractivity contribution in [3.63, 3.8) is 0 Å². The van der Waals surface area contributed by atoms with Crippen LogP contribution in [0.4, 0.5) is 11.4 Å². The first-order chi connectivity index (χ1) is 10.5. The van der Waals surface area contributed by atoms with Crippen LogP contribution in [0.25, 0.3) is 0 Å². The highest BCUT2D eigenvalue weighted by Gasteiger charge is 2.08. The average Bonchev–Trinajstić information content (AvgIpc) is 2.47. The molecule has 2 rings (SSSR count). The quantitative estimate of drug-likeness (QED) is 0.373. The molecule has 0 bridgehead atoms. The Bertz CT molecular complexity index is 660. The summed E-state index contributed by atoms with van der Waals surface area (Å²) in [5.41, 5.74) is 23.4. The summed E-state index contributed by atoms with van der Waals surface area (Å²) in [5, 5.41) is 0. The second kappa shape index (κ2) is 6.40. The summed E-state index contributed by atoms with van der Waals surface area (Å²) >= 11 is 0. The Morgan fingerprint density at radius 1 is 0.636 bits per heavy atom. The van der Waals surface area contributed by atoms with Gasteiger partial charge in [-0.3, -0.25) is 4.79 Å².